The topological polar surface area (TPSA) is 66.9 Å². The second-order valence-corrected chi connectivity index (χ2v) is 3.51. The fourth-order valence-electron chi connectivity index (χ4n) is 0.694. The van der Waals surface area contributed by atoms with Crippen LogP contribution in [-0.2, 0) is 6.18 Å². The van der Waals surface area contributed by atoms with Gasteiger partial charge in [-0.2, -0.15) is 13.2 Å². The number of nitrogens with zero attached hydrogens (tertiary/aromatic N) is 2. The van der Waals surface area contributed by atoms with Crippen LogP contribution >= 0.6 is 11.3 Å². The molecule has 0 spiro atoms. The number of carbonyl (C=O) groups excluding carboxylic acids is 1. The molecule has 1 aromatic rings. The molecule has 0 fully saturated rings. The van der Waals surface area contributed by atoms with E-state index in [-0.39, 0.29) is 23.0 Å². The monoisotopic (exact) mass is 252 g/mol. The minimum Gasteiger partial charge on any atom is -0.334 e. The summed E-state index contributed by atoms with van der Waals surface area (Å²) in [7, 11) is 0. The SMILES string of the molecule is C=CCNC(=O)Nc1nnc(C(F)(F)F)s1. The van der Waals surface area contributed by atoms with Crippen LogP contribution in [-0.4, -0.2) is 22.8 Å². The molecule has 1 heterocycles. The first-order valence-corrected chi connectivity index (χ1v) is 4.81. The van der Waals surface area contributed by atoms with Gasteiger partial charge in [0.25, 0.3) is 0 Å². The van der Waals surface area contributed by atoms with Crippen LogP contribution in [0.2, 0.25) is 0 Å². The Morgan fingerprint density at radius 2 is 2.19 bits per heavy atom. The van der Waals surface area contributed by atoms with Crippen LogP contribution in [0.4, 0.5) is 23.1 Å². The van der Waals surface area contributed by atoms with Gasteiger partial charge in [-0.15, -0.1) is 16.8 Å². The number of hydrogen-bond donors (Lipinski definition) is 2. The Labute approximate surface area is 92.4 Å². The molecule has 0 aliphatic rings. The lowest BCUT2D eigenvalue weighted by Crippen LogP contribution is -2.28. The van der Waals surface area contributed by atoms with Crippen molar-refractivity contribution in [1.29, 1.82) is 0 Å². The molecule has 0 radical (unpaired) electrons. The van der Waals surface area contributed by atoms with E-state index in [2.05, 4.69) is 27.4 Å². The summed E-state index contributed by atoms with van der Waals surface area (Å²) in [6, 6.07) is -0.662. The lowest BCUT2D eigenvalue weighted by atomic mass is 10.6. The van der Waals surface area contributed by atoms with Crippen LogP contribution in [0.1, 0.15) is 5.01 Å². The summed E-state index contributed by atoms with van der Waals surface area (Å²) in [5.74, 6) is 0. The van der Waals surface area contributed by atoms with E-state index in [1.54, 1.807) is 0 Å². The fraction of sp³-hybridized carbons (Fsp3) is 0.286. The number of nitrogens with one attached hydrogen (secondary N) is 2. The summed E-state index contributed by atoms with van der Waals surface area (Å²) in [5.41, 5.74) is 0. The van der Waals surface area contributed by atoms with Crippen molar-refractivity contribution in [2.45, 2.75) is 6.18 Å². The highest BCUT2D eigenvalue weighted by atomic mass is 32.1. The van der Waals surface area contributed by atoms with Gasteiger partial charge < -0.3 is 5.32 Å². The molecule has 0 aliphatic carbocycles. The average Bonchev–Trinajstić information content (AvgIpc) is 2.62. The molecular formula is C7H7F3N4OS. The lowest BCUT2D eigenvalue weighted by Gasteiger charge is -2.01. The first-order chi connectivity index (χ1) is 7.43. The summed E-state index contributed by atoms with van der Waals surface area (Å²) >= 11 is 0.257. The number of anilines is 1. The van der Waals surface area contributed by atoms with E-state index >= 15 is 0 Å². The smallest absolute Gasteiger partial charge is 0.334 e. The maximum absolute atomic E-state index is 12.1. The number of alkyl halides is 3. The normalized spacial score (nSPS) is 10.9. The van der Waals surface area contributed by atoms with Crippen molar-refractivity contribution in [3.05, 3.63) is 17.7 Å². The lowest BCUT2D eigenvalue weighted by molar-refractivity contribution is -0.138. The summed E-state index contributed by atoms with van der Waals surface area (Å²) < 4.78 is 36.3. The Kier molecular flexibility index (Phi) is 3.82. The molecule has 2 amide bonds. The highest BCUT2D eigenvalue weighted by molar-refractivity contribution is 7.15. The minimum absolute atomic E-state index is 0.205. The van der Waals surface area contributed by atoms with Gasteiger partial charge in [0.15, 0.2) is 0 Å². The van der Waals surface area contributed by atoms with E-state index in [1.807, 2.05) is 0 Å². The Morgan fingerprint density at radius 3 is 2.69 bits per heavy atom. The van der Waals surface area contributed by atoms with E-state index in [4.69, 9.17) is 0 Å². The molecule has 0 aliphatic heterocycles. The number of halogens is 3. The zero-order chi connectivity index (χ0) is 12.2. The molecule has 0 bridgehead atoms. The quantitative estimate of drug-likeness (QED) is 0.807. The summed E-state index contributed by atoms with van der Waals surface area (Å²) in [6.45, 7) is 3.56. The molecule has 0 saturated carbocycles. The van der Waals surface area contributed by atoms with Crippen molar-refractivity contribution in [2.75, 3.05) is 11.9 Å². The van der Waals surface area contributed by atoms with E-state index < -0.39 is 17.2 Å². The van der Waals surface area contributed by atoms with Gasteiger partial charge in [-0.05, 0) is 0 Å². The van der Waals surface area contributed by atoms with Crippen molar-refractivity contribution in [3.63, 3.8) is 0 Å². The third-order valence-corrected chi connectivity index (χ3v) is 2.18. The number of amides is 2. The van der Waals surface area contributed by atoms with Crippen LogP contribution in [0.5, 0.6) is 0 Å². The maximum atomic E-state index is 12.1. The zero-order valence-corrected chi connectivity index (χ0v) is 8.65. The van der Waals surface area contributed by atoms with Gasteiger partial charge in [0.2, 0.25) is 10.1 Å². The zero-order valence-electron chi connectivity index (χ0n) is 7.84. The van der Waals surface area contributed by atoms with E-state index in [0.717, 1.165) is 0 Å². The first-order valence-electron chi connectivity index (χ1n) is 4.00. The average molecular weight is 252 g/mol. The van der Waals surface area contributed by atoms with Crippen LogP contribution in [0.15, 0.2) is 12.7 Å². The van der Waals surface area contributed by atoms with Gasteiger partial charge in [0, 0.05) is 6.54 Å². The molecule has 1 rings (SSSR count). The molecule has 9 heteroatoms. The van der Waals surface area contributed by atoms with Crippen molar-refractivity contribution in [1.82, 2.24) is 15.5 Å². The third kappa shape index (κ3) is 3.50. The Balaban J connectivity index is 2.59. The maximum Gasteiger partial charge on any atom is 0.445 e. The Bertz CT molecular complexity index is 389. The molecule has 16 heavy (non-hydrogen) atoms. The van der Waals surface area contributed by atoms with Crippen LogP contribution in [0.3, 0.4) is 0 Å². The summed E-state index contributed by atoms with van der Waals surface area (Å²) in [4.78, 5) is 11.0. The van der Waals surface area contributed by atoms with Crippen LogP contribution in [0.25, 0.3) is 0 Å². The number of rotatable bonds is 3. The summed E-state index contributed by atoms with van der Waals surface area (Å²) in [6.07, 6.45) is -3.12. The van der Waals surface area contributed by atoms with Gasteiger partial charge in [0.05, 0.1) is 0 Å². The molecule has 88 valence electrons. The van der Waals surface area contributed by atoms with Gasteiger partial charge in [-0.25, -0.2) is 4.79 Å². The Morgan fingerprint density at radius 1 is 1.50 bits per heavy atom. The number of urea groups is 1. The van der Waals surface area contributed by atoms with Crippen molar-refractivity contribution < 1.29 is 18.0 Å². The summed E-state index contributed by atoms with van der Waals surface area (Å²) in [5, 5.41) is 9.20. The van der Waals surface area contributed by atoms with E-state index in [9.17, 15) is 18.0 Å². The molecule has 2 N–H and O–H groups in total. The molecule has 5 nitrogen and oxygen atoms in total. The number of hydrogen-bond acceptors (Lipinski definition) is 4. The molecule has 0 saturated heterocycles. The predicted molar refractivity (Wildman–Crippen MR) is 52.1 cm³/mol. The molecule has 0 aromatic carbocycles. The minimum atomic E-state index is -4.55. The fourth-order valence-corrected chi connectivity index (χ4v) is 1.30. The van der Waals surface area contributed by atoms with Gasteiger partial charge in [-0.1, -0.05) is 17.4 Å². The second kappa shape index (κ2) is 4.92. The highest BCUT2D eigenvalue weighted by Gasteiger charge is 2.35. The number of carbonyl (C=O) groups is 1. The van der Waals surface area contributed by atoms with Crippen LogP contribution < -0.4 is 10.6 Å². The largest absolute Gasteiger partial charge is 0.445 e. The highest BCUT2D eigenvalue weighted by Crippen LogP contribution is 2.32. The molecule has 1 aromatic heterocycles. The van der Waals surface area contributed by atoms with E-state index in [0.29, 0.717) is 0 Å². The number of aromatic nitrogens is 2. The van der Waals surface area contributed by atoms with Crippen molar-refractivity contribution >= 4 is 22.5 Å². The van der Waals surface area contributed by atoms with Gasteiger partial charge >= 0.3 is 12.2 Å². The first kappa shape index (κ1) is 12.4. The molecular weight excluding hydrogens is 245 g/mol. The van der Waals surface area contributed by atoms with Crippen molar-refractivity contribution in [2.24, 2.45) is 0 Å². The van der Waals surface area contributed by atoms with E-state index in [1.165, 1.54) is 6.08 Å². The van der Waals surface area contributed by atoms with Crippen molar-refractivity contribution in [3.8, 4) is 0 Å². The second-order valence-electron chi connectivity index (χ2n) is 2.53. The Hall–Kier alpha value is -1.64. The molecule has 0 atom stereocenters. The standard InChI is InChI=1S/C7H7F3N4OS/c1-2-3-11-5(15)12-6-14-13-4(16-6)7(8,9)10/h2H,1,3H2,(H2,11,12,14,15). The van der Waals surface area contributed by atoms with Crippen LogP contribution in [0, 0.1) is 0 Å². The van der Waals surface area contributed by atoms with Gasteiger partial charge in [-0.3, -0.25) is 5.32 Å². The predicted octanol–water partition coefficient (Wildman–Crippen LogP) is 1.86. The molecule has 0 unspecified atom stereocenters. The van der Waals surface area contributed by atoms with Gasteiger partial charge in [0.1, 0.15) is 0 Å². The third-order valence-electron chi connectivity index (χ3n) is 1.29.